The summed E-state index contributed by atoms with van der Waals surface area (Å²) >= 11 is 6.62. The van der Waals surface area contributed by atoms with Crippen LogP contribution in [0.5, 0.6) is 5.75 Å². The second kappa shape index (κ2) is 11.1. The van der Waals surface area contributed by atoms with Crippen molar-refractivity contribution in [2.45, 2.75) is 38.4 Å². The molecule has 2 aliphatic rings. The van der Waals surface area contributed by atoms with Gasteiger partial charge in [-0.25, -0.2) is 8.78 Å². The van der Waals surface area contributed by atoms with Crippen molar-refractivity contribution in [3.8, 4) is 22.9 Å². The Kier molecular flexibility index (Phi) is 7.77. The summed E-state index contributed by atoms with van der Waals surface area (Å²) in [4.78, 5) is 31.8. The fourth-order valence-corrected chi connectivity index (χ4v) is 6.41. The number of nitrogens with zero attached hydrogens (tertiary/aromatic N) is 5. The van der Waals surface area contributed by atoms with E-state index in [1.54, 1.807) is 4.90 Å². The number of likely N-dealkylation sites (N-methyl/N-ethyl adjacent to an activating group) is 1. The van der Waals surface area contributed by atoms with Crippen LogP contribution in [0.15, 0.2) is 41.7 Å². The van der Waals surface area contributed by atoms with E-state index in [1.165, 1.54) is 28.8 Å². The summed E-state index contributed by atoms with van der Waals surface area (Å²) < 4.78 is 33.0. The standard InChI is InChI=1S/C30H30ClF2N5O3/c1-4-24(40)36-11-12-37(17(2)15-36)28-19-13-21(31)25(26-22(32)8-5-9-23(26)39)27(33)29(19)38(30(41)20(28)14-34)16-18-7-6-10-35(18)3/h4-5,8-9,13,17-18,39H,1,6-7,10-12,15-16H2,2-3H3/t17-,18-/m0/s1. The van der Waals surface area contributed by atoms with Crippen LogP contribution < -0.4 is 10.5 Å². The third kappa shape index (κ3) is 4.83. The number of phenols is 1. The van der Waals surface area contributed by atoms with Gasteiger partial charge >= 0.3 is 0 Å². The minimum atomic E-state index is -0.968. The Balaban J connectivity index is 1.82. The molecule has 2 aromatic carbocycles. The zero-order valence-corrected chi connectivity index (χ0v) is 23.6. The normalized spacial score (nSPS) is 19.5. The Bertz CT molecular complexity index is 1650. The van der Waals surface area contributed by atoms with E-state index >= 15 is 4.39 Å². The molecule has 0 bridgehead atoms. The first-order chi connectivity index (χ1) is 19.6. The molecule has 0 unspecified atom stereocenters. The van der Waals surface area contributed by atoms with Gasteiger partial charge < -0.3 is 24.4 Å². The van der Waals surface area contributed by atoms with E-state index in [1.807, 2.05) is 24.9 Å². The molecule has 11 heteroatoms. The van der Waals surface area contributed by atoms with Crippen LogP contribution in [-0.4, -0.2) is 70.7 Å². The number of phenolic OH excluding ortho intramolecular Hbond substituents is 1. The van der Waals surface area contributed by atoms with Gasteiger partial charge in [-0.2, -0.15) is 5.26 Å². The van der Waals surface area contributed by atoms with Crippen molar-refractivity contribution < 1.29 is 18.7 Å². The molecule has 41 heavy (non-hydrogen) atoms. The van der Waals surface area contributed by atoms with Crippen LogP contribution in [0, 0.1) is 23.0 Å². The number of rotatable bonds is 5. The lowest BCUT2D eigenvalue weighted by atomic mass is 9.97. The molecule has 1 amide bonds. The van der Waals surface area contributed by atoms with Gasteiger partial charge in [-0.05, 0) is 57.6 Å². The predicted octanol–water partition coefficient (Wildman–Crippen LogP) is 4.49. The summed E-state index contributed by atoms with van der Waals surface area (Å²) in [5.74, 6) is -2.58. The molecule has 8 nitrogen and oxygen atoms in total. The highest BCUT2D eigenvalue weighted by Crippen LogP contribution is 2.44. The highest BCUT2D eigenvalue weighted by atomic mass is 35.5. The number of halogens is 3. The topological polar surface area (TPSA) is 92.8 Å². The largest absolute Gasteiger partial charge is 0.507 e. The Morgan fingerprint density at radius 3 is 2.63 bits per heavy atom. The van der Waals surface area contributed by atoms with Crippen LogP contribution in [0.4, 0.5) is 14.5 Å². The Morgan fingerprint density at radius 2 is 2.02 bits per heavy atom. The highest BCUT2D eigenvalue weighted by molar-refractivity contribution is 6.34. The van der Waals surface area contributed by atoms with Crippen LogP contribution in [0.2, 0.25) is 5.02 Å². The lowest BCUT2D eigenvalue weighted by molar-refractivity contribution is -0.126. The van der Waals surface area contributed by atoms with E-state index < -0.39 is 28.5 Å². The van der Waals surface area contributed by atoms with Gasteiger partial charge in [0.15, 0.2) is 5.82 Å². The van der Waals surface area contributed by atoms with Gasteiger partial charge in [-0.15, -0.1) is 0 Å². The molecule has 2 atom stereocenters. The fraction of sp³-hybridized carbons (Fsp3) is 0.367. The minimum absolute atomic E-state index is 0.0823. The molecule has 1 N–H and O–H groups in total. The molecular weight excluding hydrogens is 552 g/mol. The van der Waals surface area contributed by atoms with Crippen molar-refractivity contribution in [1.29, 1.82) is 5.26 Å². The second-order valence-corrected chi connectivity index (χ2v) is 11.0. The van der Waals surface area contributed by atoms with Crippen molar-refractivity contribution in [3.05, 3.63) is 69.5 Å². The number of pyridine rings is 1. The number of hydrogen-bond acceptors (Lipinski definition) is 6. The number of amides is 1. The SMILES string of the molecule is C=CC(=O)N1CCN(c2c(C#N)c(=O)n(C[C@@H]3CCCN3C)c3c(F)c(-c4c(O)cccc4F)c(Cl)cc23)[C@@H](C)C1. The second-order valence-electron chi connectivity index (χ2n) is 10.6. The first-order valence-corrected chi connectivity index (χ1v) is 13.8. The summed E-state index contributed by atoms with van der Waals surface area (Å²) in [6.45, 7) is 7.18. The molecule has 2 saturated heterocycles. The van der Waals surface area contributed by atoms with Crippen molar-refractivity contribution in [2.24, 2.45) is 0 Å². The van der Waals surface area contributed by atoms with Gasteiger partial charge in [0.1, 0.15) is 23.2 Å². The Labute approximate surface area is 241 Å². The third-order valence-electron chi connectivity index (χ3n) is 8.23. The molecule has 5 rings (SSSR count). The van der Waals surface area contributed by atoms with Gasteiger partial charge in [0.25, 0.3) is 5.56 Å². The van der Waals surface area contributed by atoms with Crippen molar-refractivity contribution in [3.63, 3.8) is 0 Å². The summed E-state index contributed by atoms with van der Waals surface area (Å²) in [6, 6.07) is 6.67. The molecule has 0 radical (unpaired) electrons. The minimum Gasteiger partial charge on any atom is -0.507 e. The van der Waals surface area contributed by atoms with Crippen molar-refractivity contribution in [2.75, 3.05) is 38.1 Å². The Hall–Kier alpha value is -3.94. The number of nitriles is 1. The summed E-state index contributed by atoms with van der Waals surface area (Å²) in [5.41, 5.74) is -1.52. The number of carbonyl (C=O) groups excluding carboxylic acids is 1. The van der Waals surface area contributed by atoms with Gasteiger partial charge in [-0.3, -0.25) is 9.59 Å². The number of carbonyl (C=O) groups is 1. The number of likely N-dealkylation sites (tertiary alicyclic amines) is 1. The molecule has 1 aromatic heterocycles. The maximum absolute atomic E-state index is 16.8. The lowest BCUT2D eigenvalue weighted by Gasteiger charge is -2.41. The number of fused-ring (bicyclic) bond motifs is 1. The van der Waals surface area contributed by atoms with E-state index in [4.69, 9.17) is 11.6 Å². The summed E-state index contributed by atoms with van der Waals surface area (Å²) in [7, 11) is 1.92. The number of benzene rings is 2. The Morgan fingerprint density at radius 1 is 1.27 bits per heavy atom. The summed E-state index contributed by atoms with van der Waals surface area (Å²) in [5, 5.41) is 20.8. The zero-order chi connectivity index (χ0) is 29.6. The van der Waals surface area contributed by atoms with Crippen LogP contribution in [0.25, 0.3) is 22.0 Å². The first-order valence-electron chi connectivity index (χ1n) is 13.4. The number of hydrogen-bond donors (Lipinski definition) is 1. The number of aromatic hydroxyl groups is 1. The summed E-state index contributed by atoms with van der Waals surface area (Å²) in [6.07, 6.45) is 2.92. The van der Waals surface area contributed by atoms with Crippen molar-refractivity contribution in [1.82, 2.24) is 14.4 Å². The molecule has 3 aromatic rings. The number of aromatic nitrogens is 1. The zero-order valence-electron chi connectivity index (χ0n) is 22.8. The predicted molar refractivity (Wildman–Crippen MR) is 154 cm³/mol. The van der Waals surface area contributed by atoms with Crippen LogP contribution in [0.3, 0.4) is 0 Å². The fourth-order valence-electron chi connectivity index (χ4n) is 6.13. The van der Waals surface area contributed by atoms with Gasteiger partial charge in [0, 0.05) is 49.2 Å². The first kappa shape index (κ1) is 28.6. The number of anilines is 1. The van der Waals surface area contributed by atoms with Crippen molar-refractivity contribution >= 4 is 34.1 Å². The average Bonchev–Trinajstić information content (AvgIpc) is 3.35. The number of piperazine rings is 1. The van der Waals surface area contributed by atoms with Crippen LogP contribution >= 0.6 is 11.6 Å². The lowest BCUT2D eigenvalue weighted by Crippen LogP contribution is -2.54. The molecule has 0 saturated carbocycles. The monoisotopic (exact) mass is 581 g/mol. The van der Waals surface area contributed by atoms with E-state index in [9.17, 15) is 24.3 Å². The maximum Gasteiger partial charge on any atom is 0.271 e. The molecular formula is C30H30ClF2N5O3. The maximum atomic E-state index is 16.8. The quantitative estimate of drug-likeness (QED) is 0.446. The van der Waals surface area contributed by atoms with E-state index in [0.717, 1.165) is 25.5 Å². The smallest absolute Gasteiger partial charge is 0.271 e. The van der Waals surface area contributed by atoms with Gasteiger partial charge in [-0.1, -0.05) is 24.2 Å². The average molecular weight is 582 g/mol. The van der Waals surface area contributed by atoms with E-state index in [-0.39, 0.29) is 63.8 Å². The van der Waals surface area contributed by atoms with Gasteiger partial charge in [0.2, 0.25) is 5.91 Å². The molecule has 214 valence electrons. The molecule has 3 heterocycles. The third-order valence-corrected chi connectivity index (χ3v) is 8.53. The van der Waals surface area contributed by atoms with E-state index in [2.05, 4.69) is 11.5 Å². The molecule has 2 aliphatic heterocycles. The molecule has 0 spiro atoms. The van der Waals surface area contributed by atoms with Gasteiger partial charge in [0.05, 0.1) is 21.8 Å². The molecule has 0 aliphatic carbocycles. The van der Waals surface area contributed by atoms with E-state index in [0.29, 0.717) is 13.1 Å². The molecule has 2 fully saturated rings. The van der Waals surface area contributed by atoms with Crippen LogP contribution in [0.1, 0.15) is 25.3 Å². The van der Waals surface area contributed by atoms with Crippen LogP contribution in [-0.2, 0) is 11.3 Å². The highest BCUT2D eigenvalue weighted by Gasteiger charge is 2.34.